The molecule has 0 amide bonds. The van der Waals surface area contributed by atoms with Gasteiger partial charge in [0, 0.05) is 8.96 Å². The van der Waals surface area contributed by atoms with Crippen LogP contribution in [-0.2, 0) is 5.41 Å². The average Bonchev–Trinajstić information content (AvgIpc) is 2.84. The summed E-state index contributed by atoms with van der Waals surface area (Å²) < 4.78 is 2.37. The van der Waals surface area contributed by atoms with Gasteiger partial charge in [0.2, 0.25) is 0 Å². The van der Waals surface area contributed by atoms with E-state index in [2.05, 4.69) is 101 Å². The largest absolute Gasteiger partial charge is 0.0905 e. The van der Waals surface area contributed by atoms with E-state index < -0.39 is 0 Å². The molecule has 0 heterocycles. The average molecular weight is 558 g/mol. The highest BCUT2D eigenvalue weighted by Gasteiger charge is 2.34. The van der Waals surface area contributed by atoms with Crippen LogP contribution in [0, 0.1) is 0 Å². The molecule has 3 rings (SSSR count). The lowest BCUT2D eigenvalue weighted by atomic mass is 9.68. The Balaban J connectivity index is 2.13. The molecule has 0 atom stereocenters. The lowest BCUT2D eigenvalue weighted by Gasteiger charge is -2.36. The molecular weight excluding hydrogens is 520 g/mol. The van der Waals surface area contributed by atoms with Crippen LogP contribution >= 0.6 is 31.9 Å². The molecule has 1 aliphatic carbocycles. The van der Waals surface area contributed by atoms with Gasteiger partial charge in [-0.3, -0.25) is 0 Å². The number of benzene rings is 2. The van der Waals surface area contributed by atoms with Gasteiger partial charge in [-0.25, -0.2) is 0 Å². The molecule has 0 spiro atoms. The van der Waals surface area contributed by atoms with Crippen molar-refractivity contribution in [2.75, 3.05) is 0 Å². The normalized spacial score (nSPS) is 16.9. The summed E-state index contributed by atoms with van der Waals surface area (Å²) in [5.74, 6) is 0. The summed E-state index contributed by atoms with van der Waals surface area (Å²) in [4.78, 5) is 0. The molecule has 0 aromatic heterocycles. The van der Waals surface area contributed by atoms with Crippen molar-refractivity contribution in [3.63, 3.8) is 0 Å². The Kier molecular flexibility index (Phi) is 9.86. The van der Waals surface area contributed by atoms with E-state index in [1.165, 1.54) is 95.4 Å². The molecule has 0 radical (unpaired) electrons. The Morgan fingerprint density at radius 2 is 1.41 bits per heavy atom. The van der Waals surface area contributed by atoms with Crippen LogP contribution in [0.5, 0.6) is 0 Å². The minimum Gasteiger partial charge on any atom is -0.0905 e. The first-order valence-electron chi connectivity index (χ1n) is 12.5. The van der Waals surface area contributed by atoms with E-state index in [0.717, 1.165) is 12.0 Å². The van der Waals surface area contributed by atoms with Crippen LogP contribution in [0.1, 0.15) is 107 Å². The number of hydrogen-bond acceptors (Lipinski definition) is 0. The van der Waals surface area contributed by atoms with Crippen LogP contribution in [0.15, 0.2) is 59.6 Å². The lowest BCUT2D eigenvalue weighted by Crippen LogP contribution is -2.27. The number of allylic oxidation sites excluding steroid dienone is 1. The molecule has 0 saturated carbocycles. The smallest absolute Gasteiger partial charge is 0.0214 e. The highest BCUT2D eigenvalue weighted by Crippen LogP contribution is 2.47. The molecule has 0 N–H and O–H groups in total. The molecule has 0 nitrogen and oxygen atoms in total. The summed E-state index contributed by atoms with van der Waals surface area (Å²) in [6.07, 6.45) is 16.4. The van der Waals surface area contributed by atoms with Crippen molar-refractivity contribution in [2.24, 2.45) is 0 Å². The van der Waals surface area contributed by atoms with Crippen LogP contribution < -0.4 is 0 Å². The second-order valence-electron chi connectivity index (χ2n) is 9.37. The first kappa shape index (κ1) is 25.5. The third kappa shape index (κ3) is 6.06. The summed E-state index contributed by atoms with van der Waals surface area (Å²) in [6.45, 7) is 9.23. The van der Waals surface area contributed by atoms with Gasteiger partial charge in [0.1, 0.15) is 0 Å². The van der Waals surface area contributed by atoms with E-state index in [4.69, 9.17) is 0 Å². The van der Waals surface area contributed by atoms with E-state index in [0.29, 0.717) is 0 Å². The molecule has 1 aliphatic rings. The molecule has 0 saturated heterocycles. The van der Waals surface area contributed by atoms with Crippen molar-refractivity contribution in [2.45, 2.75) is 89.9 Å². The minimum absolute atomic E-state index is 0.143. The number of fused-ring (bicyclic) bond motifs is 2. The van der Waals surface area contributed by atoms with Crippen molar-refractivity contribution >= 4 is 41.9 Å². The predicted octanol–water partition coefficient (Wildman–Crippen LogP) is 10.8. The zero-order valence-electron chi connectivity index (χ0n) is 19.9. The van der Waals surface area contributed by atoms with Gasteiger partial charge in [0.25, 0.3) is 0 Å². The molecule has 2 aromatic carbocycles. The fourth-order valence-electron chi connectivity index (χ4n) is 5.20. The summed E-state index contributed by atoms with van der Waals surface area (Å²) in [7, 11) is 0. The Bertz CT molecular complexity index is 926. The van der Waals surface area contributed by atoms with Crippen LogP contribution in [-0.4, -0.2) is 0 Å². The SMILES string of the molecule is C=C1c2ccccc2/C(Br)=C\CC(CCCCCC)(CCCCCC)c2cc(Br)ccc21. The zero-order valence-corrected chi connectivity index (χ0v) is 23.0. The van der Waals surface area contributed by atoms with Crippen molar-refractivity contribution < 1.29 is 0 Å². The van der Waals surface area contributed by atoms with Gasteiger partial charge in [0.05, 0.1) is 0 Å². The minimum atomic E-state index is 0.143. The Morgan fingerprint density at radius 1 is 0.781 bits per heavy atom. The lowest BCUT2D eigenvalue weighted by molar-refractivity contribution is 0.336. The molecule has 2 aromatic rings. The highest BCUT2D eigenvalue weighted by molar-refractivity contribution is 9.15. The second-order valence-corrected chi connectivity index (χ2v) is 11.1. The van der Waals surface area contributed by atoms with Crippen molar-refractivity contribution in [3.8, 4) is 0 Å². The van der Waals surface area contributed by atoms with Crippen LogP contribution in [0.4, 0.5) is 0 Å². The predicted molar refractivity (Wildman–Crippen MR) is 149 cm³/mol. The van der Waals surface area contributed by atoms with Gasteiger partial charge in [-0.15, -0.1) is 0 Å². The maximum Gasteiger partial charge on any atom is 0.0214 e. The molecule has 2 heteroatoms. The first-order chi connectivity index (χ1) is 15.5. The Hall–Kier alpha value is -1.12. The van der Waals surface area contributed by atoms with Gasteiger partial charge in [-0.05, 0) is 64.6 Å². The van der Waals surface area contributed by atoms with Crippen molar-refractivity contribution in [1.29, 1.82) is 0 Å². The molecule has 0 fully saturated rings. The Labute approximate surface area is 212 Å². The third-order valence-corrected chi connectivity index (χ3v) is 8.32. The number of halogens is 2. The van der Waals surface area contributed by atoms with E-state index >= 15 is 0 Å². The maximum atomic E-state index is 4.63. The number of rotatable bonds is 10. The third-order valence-electron chi connectivity index (χ3n) is 7.08. The Morgan fingerprint density at radius 3 is 2.03 bits per heavy atom. The topological polar surface area (TPSA) is 0 Å². The van der Waals surface area contributed by atoms with E-state index in [1.54, 1.807) is 0 Å². The fourth-order valence-corrected chi connectivity index (χ4v) is 6.07. The number of unbranched alkanes of at least 4 members (excludes halogenated alkanes) is 6. The molecule has 172 valence electrons. The van der Waals surface area contributed by atoms with Crippen LogP contribution in [0.3, 0.4) is 0 Å². The summed E-state index contributed by atoms with van der Waals surface area (Å²) >= 11 is 7.74. The van der Waals surface area contributed by atoms with E-state index in [-0.39, 0.29) is 5.41 Å². The number of hydrogen-bond donors (Lipinski definition) is 0. The van der Waals surface area contributed by atoms with Crippen LogP contribution in [0.2, 0.25) is 0 Å². The van der Waals surface area contributed by atoms with Gasteiger partial charge < -0.3 is 0 Å². The van der Waals surface area contributed by atoms with Gasteiger partial charge in [0.15, 0.2) is 0 Å². The van der Waals surface area contributed by atoms with Crippen molar-refractivity contribution in [3.05, 3.63) is 81.8 Å². The van der Waals surface area contributed by atoms with Crippen molar-refractivity contribution in [1.82, 2.24) is 0 Å². The molecule has 0 aliphatic heterocycles. The standard InChI is InChI=1S/C30H38Br2/c1-4-6-8-12-19-30(20-13-9-7-5-2)21-18-29(32)27-15-11-10-14-25(27)23(3)26-17-16-24(31)22-28(26)30/h10-11,14-18,22H,3-9,12-13,19-21H2,1-2H3/b29-18+. The van der Waals surface area contributed by atoms with E-state index in [9.17, 15) is 0 Å². The monoisotopic (exact) mass is 556 g/mol. The second kappa shape index (κ2) is 12.4. The summed E-state index contributed by atoms with van der Waals surface area (Å²) in [5.41, 5.74) is 6.57. The van der Waals surface area contributed by atoms with Gasteiger partial charge in [-0.1, -0.05) is 140 Å². The molecule has 0 unspecified atom stereocenters. The van der Waals surface area contributed by atoms with Gasteiger partial charge >= 0.3 is 0 Å². The summed E-state index contributed by atoms with van der Waals surface area (Å²) in [5, 5.41) is 0. The highest BCUT2D eigenvalue weighted by atomic mass is 79.9. The molecular formula is C30H38Br2. The van der Waals surface area contributed by atoms with E-state index in [1.807, 2.05) is 0 Å². The summed E-state index contributed by atoms with van der Waals surface area (Å²) in [6, 6.07) is 15.6. The van der Waals surface area contributed by atoms with Crippen LogP contribution in [0.25, 0.3) is 10.1 Å². The maximum absolute atomic E-state index is 4.63. The zero-order chi connectivity index (χ0) is 23.0. The molecule has 32 heavy (non-hydrogen) atoms. The fraction of sp³-hybridized carbons (Fsp3) is 0.467. The van der Waals surface area contributed by atoms with Gasteiger partial charge in [-0.2, -0.15) is 0 Å². The quantitative estimate of drug-likeness (QED) is 0.255. The molecule has 0 bridgehead atoms. The first-order valence-corrected chi connectivity index (χ1v) is 14.1.